The van der Waals surface area contributed by atoms with E-state index in [1.807, 2.05) is 53.2 Å². The van der Waals surface area contributed by atoms with Gasteiger partial charge in [-0.1, -0.05) is 42.5 Å². The topological polar surface area (TPSA) is 63.5 Å². The highest BCUT2D eigenvalue weighted by Crippen LogP contribution is 2.11. The summed E-state index contributed by atoms with van der Waals surface area (Å²) in [6.07, 6.45) is 1.90. The van der Waals surface area contributed by atoms with Crippen LogP contribution < -0.4 is 10.8 Å². The minimum Gasteiger partial charge on any atom is -0.328 e. The fourth-order valence-corrected chi connectivity index (χ4v) is 2.58. The number of benzene rings is 2. The molecule has 1 heterocycles. The molecule has 0 saturated heterocycles. The Balaban J connectivity index is 1.90. The highest BCUT2D eigenvalue weighted by Gasteiger charge is 2.06. The number of anilines is 1. The van der Waals surface area contributed by atoms with Gasteiger partial charge in [-0.05, 0) is 35.9 Å². The van der Waals surface area contributed by atoms with Crippen LogP contribution in [0.15, 0.2) is 84.0 Å². The molecule has 1 aromatic heterocycles. The van der Waals surface area contributed by atoms with Crippen molar-refractivity contribution in [3.8, 4) is 0 Å². The van der Waals surface area contributed by atoms with Gasteiger partial charge in [0.15, 0.2) is 0 Å². The standard InChI is InChI=1S/C21H19N3O2/c1-16(25)22-19-11-7-10-18(14-19)21(26)23-20-12-5-6-13-24(20)15-17-8-3-2-4-9-17/h2-14H,15H2,1H3,(H,22,25). The van der Waals surface area contributed by atoms with Crippen LogP contribution in [0.2, 0.25) is 0 Å². The minimum absolute atomic E-state index is 0.185. The highest BCUT2D eigenvalue weighted by atomic mass is 16.2. The van der Waals surface area contributed by atoms with Crippen molar-refractivity contribution in [1.82, 2.24) is 4.57 Å². The summed E-state index contributed by atoms with van der Waals surface area (Å²) in [4.78, 5) is 28.0. The molecule has 0 radical (unpaired) electrons. The Bertz CT molecular complexity index is 991. The smallest absolute Gasteiger partial charge is 0.279 e. The van der Waals surface area contributed by atoms with Gasteiger partial charge in [0.05, 0.1) is 0 Å². The van der Waals surface area contributed by atoms with Gasteiger partial charge in [0.25, 0.3) is 5.91 Å². The molecule has 5 nitrogen and oxygen atoms in total. The van der Waals surface area contributed by atoms with E-state index in [-0.39, 0.29) is 11.8 Å². The summed E-state index contributed by atoms with van der Waals surface area (Å²) < 4.78 is 1.92. The van der Waals surface area contributed by atoms with Gasteiger partial charge in [0.2, 0.25) is 5.91 Å². The van der Waals surface area contributed by atoms with E-state index in [2.05, 4.69) is 10.3 Å². The average molecular weight is 345 g/mol. The first-order chi connectivity index (χ1) is 12.6. The van der Waals surface area contributed by atoms with Crippen LogP contribution in [-0.2, 0) is 11.3 Å². The van der Waals surface area contributed by atoms with Crippen molar-refractivity contribution >= 4 is 17.5 Å². The SMILES string of the molecule is CC(=O)Nc1cccc(C(=O)N=c2ccccn2Cc2ccccc2)c1. The van der Waals surface area contributed by atoms with E-state index >= 15 is 0 Å². The van der Waals surface area contributed by atoms with Crippen LogP contribution in [-0.4, -0.2) is 16.4 Å². The van der Waals surface area contributed by atoms with Gasteiger partial charge in [0.1, 0.15) is 5.49 Å². The number of rotatable bonds is 4. The third kappa shape index (κ3) is 4.54. The summed E-state index contributed by atoms with van der Waals surface area (Å²) >= 11 is 0. The Kier molecular flexibility index (Phi) is 5.39. The number of pyridine rings is 1. The number of carbonyl (C=O) groups excluding carboxylic acids is 2. The molecular formula is C21H19N3O2. The van der Waals surface area contributed by atoms with Crippen LogP contribution in [0, 0.1) is 0 Å². The molecule has 3 aromatic rings. The molecule has 0 atom stereocenters. The molecule has 0 fully saturated rings. The van der Waals surface area contributed by atoms with Crippen molar-refractivity contribution in [2.24, 2.45) is 4.99 Å². The summed E-state index contributed by atoms with van der Waals surface area (Å²) in [5.41, 5.74) is 2.70. The Morgan fingerprint density at radius 2 is 1.73 bits per heavy atom. The molecule has 0 unspecified atom stereocenters. The van der Waals surface area contributed by atoms with Gasteiger partial charge in [-0.15, -0.1) is 0 Å². The fraction of sp³-hybridized carbons (Fsp3) is 0.0952. The Labute approximate surface area is 151 Å². The largest absolute Gasteiger partial charge is 0.328 e. The van der Waals surface area contributed by atoms with Crippen LogP contribution >= 0.6 is 0 Å². The van der Waals surface area contributed by atoms with E-state index in [1.54, 1.807) is 30.3 Å². The molecule has 3 rings (SSSR count). The van der Waals surface area contributed by atoms with E-state index in [0.717, 1.165) is 5.56 Å². The van der Waals surface area contributed by atoms with Gasteiger partial charge in [0, 0.05) is 30.9 Å². The van der Waals surface area contributed by atoms with Crippen LogP contribution in [0.3, 0.4) is 0 Å². The summed E-state index contributed by atoms with van der Waals surface area (Å²) in [7, 11) is 0. The maximum atomic E-state index is 12.6. The molecular weight excluding hydrogens is 326 g/mol. The average Bonchev–Trinajstić information content (AvgIpc) is 2.64. The molecule has 0 spiro atoms. The zero-order valence-corrected chi connectivity index (χ0v) is 14.4. The number of aromatic nitrogens is 1. The lowest BCUT2D eigenvalue weighted by atomic mass is 10.2. The van der Waals surface area contributed by atoms with Crippen molar-refractivity contribution < 1.29 is 9.59 Å². The second kappa shape index (κ2) is 8.07. The molecule has 0 saturated carbocycles. The van der Waals surface area contributed by atoms with Crippen LogP contribution in [0.5, 0.6) is 0 Å². The first-order valence-electron chi connectivity index (χ1n) is 8.28. The molecule has 26 heavy (non-hydrogen) atoms. The molecule has 0 bridgehead atoms. The van der Waals surface area contributed by atoms with Crippen LogP contribution in [0.1, 0.15) is 22.8 Å². The summed E-state index contributed by atoms with van der Waals surface area (Å²) in [6.45, 7) is 2.05. The predicted molar refractivity (Wildman–Crippen MR) is 101 cm³/mol. The first-order valence-corrected chi connectivity index (χ1v) is 8.28. The number of carbonyl (C=O) groups is 2. The lowest BCUT2D eigenvalue weighted by molar-refractivity contribution is -0.114. The summed E-state index contributed by atoms with van der Waals surface area (Å²) in [5, 5.41) is 2.67. The minimum atomic E-state index is -0.356. The number of nitrogens with zero attached hydrogens (tertiary/aromatic N) is 2. The molecule has 0 aliphatic rings. The summed E-state index contributed by atoms with van der Waals surface area (Å²) in [5.74, 6) is -0.541. The molecule has 2 aromatic carbocycles. The number of amides is 2. The fourth-order valence-electron chi connectivity index (χ4n) is 2.58. The van der Waals surface area contributed by atoms with E-state index in [0.29, 0.717) is 23.3 Å². The van der Waals surface area contributed by atoms with E-state index in [9.17, 15) is 9.59 Å². The third-order valence-electron chi connectivity index (χ3n) is 3.76. The van der Waals surface area contributed by atoms with Gasteiger partial charge < -0.3 is 9.88 Å². The lowest BCUT2D eigenvalue weighted by Gasteiger charge is -2.07. The zero-order valence-electron chi connectivity index (χ0n) is 14.4. The summed E-state index contributed by atoms with van der Waals surface area (Å²) in [6, 6.07) is 22.3. The monoisotopic (exact) mass is 345 g/mol. The van der Waals surface area contributed by atoms with Crippen LogP contribution in [0.4, 0.5) is 5.69 Å². The molecule has 5 heteroatoms. The Morgan fingerprint density at radius 3 is 2.50 bits per heavy atom. The van der Waals surface area contributed by atoms with Gasteiger partial charge >= 0.3 is 0 Å². The number of hydrogen-bond acceptors (Lipinski definition) is 2. The third-order valence-corrected chi connectivity index (χ3v) is 3.76. The van der Waals surface area contributed by atoms with Gasteiger partial charge in [-0.25, -0.2) is 0 Å². The molecule has 0 aliphatic heterocycles. The van der Waals surface area contributed by atoms with E-state index < -0.39 is 0 Å². The maximum Gasteiger partial charge on any atom is 0.279 e. The van der Waals surface area contributed by atoms with Crippen molar-refractivity contribution in [3.05, 3.63) is 95.6 Å². The van der Waals surface area contributed by atoms with Gasteiger partial charge in [-0.3, -0.25) is 9.59 Å². The number of nitrogens with one attached hydrogen (secondary N) is 1. The van der Waals surface area contributed by atoms with E-state index in [1.165, 1.54) is 6.92 Å². The second-order valence-electron chi connectivity index (χ2n) is 5.85. The second-order valence-corrected chi connectivity index (χ2v) is 5.85. The van der Waals surface area contributed by atoms with Crippen molar-refractivity contribution in [1.29, 1.82) is 0 Å². The van der Waals surface area contributed by atoms with Crippen molar-refractivity contribution in [3.63, 3.8) is 0 Å². The Hall–Kier alpha value is -3.47. The van der Waals surface area contributed by atoms with E-state index in [4.69, 9.17) is 0 Å². The maximum absolute atomic E-state index is 12.6. The molecule has 2 amide bonds. The van der Waals surface area contributed by atoms with Gasteiger partial charge in [-0.2, -0.15) is 4.99 Å². The predicted octanol–water partition coefficient (Wildman–Crippen LogP) is 3.24. The highest BCUT2D eigenvalue weighted by molar-refractivity contribution is 5.97. The normalized spacial score (nSPS) is 11.2. The number of hydrogen-bond donors (Lipinski definition) is 1. The first kappa shape index (κ1) is 17.4. The van der Waals surface area contributed by atoms with Crippen LogP contribution in [0.25, 0.3) is 0 Å². The van der Waals surface area contributed by atoms with Crippen molar-refractivity contribution in [2.45, 2.75) is 13.5 Å². The lowest BCUT2D eigenvalue weighted by Crippen LogP contribution is -2.22. The Morgan fingerprint density at radius 1 is 0.962 bits per heavy atom. The molecule has 1 N–H and O–H groups in total. The zero-order chi connectivity index (χ0) is 18.4. The van der Waals surface area contributed by atoms with Crippen molar-refractivity contribution in [2.75, 3.05) is 5.32 Å². The quantitative estimate of drug-likeness (QED) is 0.789. The molecule has 0 aliphatic carbocycles. The molecule has 130 valence electrons.